The standard InChI is InChI=1S/C16H23N3O3.ClH/c1-10(20)18-14-8-12(6-7-15(14)22-2)19-16(21)13-5-3-4-11(13)9-17;/h6-8,11,13H,3-5,9,17H2,1-2H3,(H,18,20)(H,19,21);1H/t11-,13-;/m1./s1. The average Bonchev–Trinajstić information content (AvgIpc) is 2.95. The van der Waals surface area contributed by atoms with E-state index >= 15 is 0 Å². The van der Waals surface area contributed by atoms with E-state index in [0.717, 1.165) is 19.3 Å². The van der Waals surface area contributed by atoms with E-state index in [1.54, 1.807) is 18.2 Å². The summed E-state index contributed by atoms with van der Waals surface area (Å²) in [6, 6.07) is 5.18. The van der Waals surface area contributed by atoms with E-state index in [4.69, 9.17) is 10.5 Å². The molecule has 6 nitrogen and oxygen atoms in total. The van der Waals surface area contributed by atoms with Crippen LogP contribution in [0.2, 0.25) is 0 Å². The van der Waals surface area contributed by atoms with E-state index in [0.29, 0.717) is 23.7 Å². The van der Waals surface area contributed by atoms with Crippen LogP contribution in [0, 0.1) is 11.8 Å². The smallest absolute Gasteiger partial charge is 0.227 e. The molecular formula is C16H24ClN3O3. The minimum Gasteiger partial charge on any atom is -0.495 e. The number of nitrogens with one attached hydrogen (secondary N) is 2. The van der Waals surface area contributed by atoms with Gasteiger partial charge in [-0.1, -0.05) is 6.42 Å². The number of anilines is 2. The highest BCUT2D eigenvalue weighted by atomic mass is 35.5. The molecule has 0 saturated heterocycles. The number of rotatable bonds is 5. The fourth-order valence-corrected chi connectivity index (χ4v) is 2.97. The maximum Gasteiger partial charge on any atom is 0.227 e. The van der Waals surface area contributed by atoms with E-state index in [-0.39, 0.29) is 36.1 Å². The number of benzene rings is 1. The van der Waals surface area contributed by atoms with Gasteiger partial charge in [0.2, 0.25) is 11.8 Å². The van der Waals surface area contributed by atoms with Gasteiger partial charge in [0.05, 0.1) is 12.8 Å². The summed E-state index contributed by atoms with van der Waals surface area (Å²) < 4.78 is 5.20. The van der Waals surface area contributed by atoms with Crippen molar-refractivity contribution in [3.05, 3.63) is 18.2 Å². The van der Waals surface area contributed by atoms with Crippen LogP contribution in [-0.4, -0.2) is 25.5 Å². The largest absolute Gasteiger partial charge is 0.495 e. The molecule has 2 atom stereocenters. The molecule has 2 rings (SSSR count). The second-order valence-corrected chi connectivity index (χ2v) is 5.62. The molecule has 1 aromatic carbocycles. The Morgan fingerprint density at radius 2 is 2.04 bits per heavy atom. The van der Waals surface area contributed by atoms with Crippen molar-refractivity contribution in [3.8, 4) is 5.75 Å². The lowest BCUT2D eigenvalue weighted by molar-refractivity contribution is -0.120. The molecule has 0 heterocycles. The summed E-state index contributed by atoms with van der Waals surface area (Å²) in [6.45, 7) is 1.97. The molecule has 1 aliphatic rings. The summed E-state index contributed by atoms with van der Waals surface area (Å²) in [6.07, 6.45) is 2.93. The minimum absolute atomic E-state index is 0. The molecule has 128 valence electrons. The Kier molecular flexibility index (Phi) is 7.32. The topological polar surface area (TPSA) is 93.4 Å². The molecule has 0 radical (unpaired) electrons. The predicted octanol–water partition coefficient (Wildman–Crippen LogP) is 2.39. The van der Waals surface area contributed by atoms with Crippen molar-refractivity contribution in [2.45, 2.75) is 26.2 Å². The molecule has 1 aliphatic carbocycles. The number of carbonyl (C=O) groups excluding carboxylic acids is 2. The van der Waals surface area contributed by atoms with Crippen LogP contribution in [0.5, 0.6) is 5.75 Å². The second kappa shape index (κ2) is 8.74. The monoisotopic (exact) mass is 341 g/mol. The maximum absolute atomic E-state index is 12.4. The summed E-state index contributed by atoms with van der Waals surface area (Å²) in [4.78, 5) is 23.6. The van der Waals surface area contributed by atoms with Gasteiger partial charge in [0, 0.05) is 18.5 Å². The summed E-state index contributed by atoms with van der Waals surface area (Å²) >= 11 is 0. The third-order valence-electron chi connectivity index (χ3n) is 4.08. The second-order valence-electron chi connectivity index (χ2n) is 5.62. The van der Waals surface area contributed by atoms with E-state index in [2.05, 4.69) is 10.6 Å². The van der Waals surface area contributed by atoms with Crippen molar-refractivity contribution in [2.24, 2.45) is 17.6 Å². The Bertz CT molecular complexity index is 566. The van der Waals surface area contributed by atoms with Gasteiger partial charge in [-0.15, -0.1) is 12.4 Å². The normalized spacial score (nSPS) is 19.6. The van der Waals surface area contributed by atoms with Gasteiger partial charge in [-0.05, 0) is 43.5 Å². The first kappa shape index (κ1) is 19.3. The van der Waals surface area contributed by atoms with Crippen molar-refractivity contribution in [1.29, 1.82) is 0 Å². The zero-order valence-corrected chi connectivity index (χ0v) is 14.2. The molecule has 0 aromatic heterocycles. The van der Waals surface area contributed by atoms with Gasteiger partial charge in [-0.25, -0.2) is 0 Å². The summed E-state index contributed by atoms with van der Waals surface area (Å²) in [7, 11) is 1.53. The minimum atomic E-state index is -0.194. The summed E-state index contributed by atoms with van der Waals surface area (Å²) in [5, 5.41) is 5.60. The SMILES string of the molecule is COc1ccc(NC(=O)[C@@H]2CCC[C@@H]2CN)cc1NC(C)=O.Cl. The van der Waals surface area contributed by atoms with E-state index < -0.39 is 0 Å². The molecule has 0 bridgehead atoms. The van der Waals surface area contributed by atoms with Crippen molar-refractivity contribution in [1.82, 2.24) is 0 Å². The average molecular weight is 342 g/mol. The first-order valence-corrected chi connectivity index (χ1v) is 7.51. The highest BCUT2D eigenvalue weighted by Gasteiger charge is 2.31. The molecule has 2 amide bonds. The third kappa shape index (κ3) is 4.84. The molecular weight excluding hydrogens is 318 g/mol. The van der Waals surface area contributed by atoms with E-state index in [1.807, 2.05) is 0 Å². The highest BCUT2D eigenvalue weighted by Crippen LogP contribution is 2.33. The highest BCUT2D eigenvalue weighted by molar-refractivity contribution is 5.95. The Labute approximate surface area is 142 Å². The zero-order valence-electron chi connectivity index (χ0n) is 13.4. The van der Waals surface area contributed by atoms with Gasteiger partial charge >= 0.3 is 0 Å². The van der Waals surface area contributed by atoms with Gasteiger partial charge in [0.1, 0.15) is 5.75 Å². The number of hydrogen-bond donors (Lipinski definition) is 3. The molecule has 0 unspecified atom stereocenters. The van der Waals surface area contributed by atoms with Crippen molar-refractivity contribution in [2.75, 3.05) is 24.3 Å². The Balaban J connectivity index is 0.00000264. The van der Waals surface area contributed by atoms with Crippen molar-refractivity contribution in [3.63, 3.8) is 0 Å². The first-order valence-electron chi connectivity index (χ1n) is 7.51. The molecule has 23 heavy (non-hydrogen) atoms. The molecule has 4 N–H and O–H groups in total. The predicted molar refractivity (Wildman–Crippen MR) is 93.1 cm³/mol. The quantitative estimate of drug-likeness (QED) is 0.766. The van der Waals surface area contributed by atoms with E-state index in [1.165, 1.54) is 14.0 Å². The van der Waals surface area contributed by atoms with Gasteiger partial charge in [0.25, 0.3) is 0 Å². The fraction of sp³-hybridized carbons (Fsp3) is 0.500. The number of amides is 2. The molecule has 1 aromatic rings. The van der Waals surface area contributed by atoms with Crippen LogP contribution in [-0.2, 0) is 9.59 Å². The van der Waals surface area contributed by atoms with E-state index in [9.17, 15) is 9.59 Å². The Morgan fingerprint density at radius 3 is 2.65 bits per heavy atom. The molecule has 1 fully saturated rings. The lowest BCUT2D eigenvalue weighted by Crippen LogP contribution is -2.29. The van der Waals surface area contributed by atoms with Crippen LogP contribution in [0.25, 0.3) is 0 Å². The first-order chi connectivity index (χ1) is 10.5. The number of ether oxygens (including phenoxy) is 1. The third-order valence-corrected chi connectivity index (χ3v) is 4.08. The van der Waals surface area contributed by atoms with Crippen LogP contribution in [0.15, 0.2) is 18.2 Å². The number of carbonyl (C=O) groups is 2. The summed E-state index contributed by atoms with van der Waals surface area (Å²) in [5.41, 5.74) is 6.90. The maximum atomic E-state index is 12.4. The fourth-order valence-electron chi connectivity index (χ4n) is 2.97. The molecule has 0 spiro atoms. The van der Waals surface area contributed by atoms with Crippen LogP contribution in [0.1, 0.15) is 26.2 Å². The van der Waals surface area contributed by atoms with Crippen LogP contribution in [0.4, 0.5) is 11.4 Å². The molecule has 1 saturated carbocycles. The Morgan fingerprint density at radius 1 is 1.30 bits per heavy atom. The number of hydrogen-bond acceptors (Lipinski definition) is 4. The lowest BCUT2D eigenvalue weighted by atomic mass is 9.95. The van der Waals surface area contributed by atoms with Crippen LogP contribution in [0.3, 0.4) is 0 Å². The van der Waals surface area contributed by atoms with Crippen molar-refractivity contribution < 1.29 is 14.3 Å². The van der Waals surface area contributed by atoms with Gasteiger partial charge < -0.3 is 21.1 Å². The van der Waals surface area contributed by atoms with Gasteiger partial charge in [-0.3, -0.25) is 9.59 Å². The van der Waals surface area contributed by atoms with Gasteiger partial charge in [-0.2, -0.15) is 0 Å². The Hall–Kier alpha value is -1.79. The van der Waals surface area contributed by atoms with Crippen LogP contribution < -0.4 is 21.1 Å². The zero-order chi connectivity index (χ0) is 16.1. The molecule has 0 aliphatic heterocycles. The lowest BCUT2D eigenvalue weighted by Gasteiger charge is -2.18. The summed E-state index contributed by atoms with van der Waals surface area (Å²) in [5.74, 6) is 0.575. The number of methoxy groups -OCH3 is 1. The van der Waals surface area contributed by atoms with Gasteiger partial charge in [0.15, 0.2) is 0 Å². The number of halogens is 1. The molecule has 7 heteroatoms. The number of nitrogens with two attached hydrogens (primary N) is 1. The van der Waals surface area contributed by atoms with Crippen LogP contribution >= 0.6 is 12.4 Å². The van der Waals surface area contributed by atoms with Crippen molar-refractivity contribution >= 4 is 35.6 Å².